The van der Waals surface area contributed by atoms with E-state index < -0.39 is 0 Å². The molecular formula is C23H16ClN5O3. The summed E-state index contributed by atoms with van der Waals surface area (Å²) in [6, 6.07) is 12.9. The van der Waals surface area contributed by atoms with Crippen molar-refractivity contribution in [1.82, 2.24) is 24.1 Å². The van der Waals surface area contributed by atoms with Crippen LogP contribution in [0.5, 0.6) is 11.5 Å². The first-order valence-corrected chi connectivity index (χ1v) is 10.4. The summed E-state index contributed by atoms with van der Waals surface area (Å²) in [5.41, 5.74) is 2.73. The molecule has 0 bridgehead atoms. The van der Waals surface area contributed by atoms with Gasteiger partial charge in [0.25, 0.3) is 11.3 Å². The largest absolute Gasteiger partial charge is 0.486 e. The molecule has 1 aliphatic rings. The van der Waals surface area contributed by atoms with Gasteiger partial charge in [-0.25, -0.2) is 4.98 Å². The van der Waals surface area contributed by atoms with E-state index >= 15 is 0 Å². The quantitative estimate of drug-likeness (QED) is 0.410. The lowest BCUT2D eigenvalue weighted by atomic mass is 10.2. The van der Waals surface area contributed by atoms with Crippen LogP contribution in [0.3, 0.4) is 0 Å². The zero-order chi connectivity index (χ0) is 21.8. The molecule has 0 radical (unpaired) electrons. The summed E-state index contributed by atoms with van der Waals surface area (Å²) in [6.45, 7) is 2.91. The standard InChI is InChI=1S/C23H16ClN5O3/c1-13-16(24)3-2-4-17(13)28-8-7-18-15(22(28)30)12-25-23-26-21(27-29(18)23)14-5-6-19-20(11-14)32-10-9-31-19/h2-8,11-12H,9-10H2,1H3. The van der Waals surface area contributed by atoms with Crippen LogP contribution in [0, 0.1) is 6.92 Å². The number of halogens is 1. The minimum atomic E-state index is -0.210. The molecule has 0 saturated heterocycles. The highest BCUT2D eigenvalue weighted by molar-refractivity contribution is 6.31. The molecule has 3 aromatic heterocycles. The summed E-state index contributed by atoms with van der Waals surface area (Å²) in [4.78, 5) is 22.2. The first kappa shape index (κ1) is 18.8. The summed E-state index contributed by atoms with van der Waals surface area (Å²) in [5, 5.41) is 5.64. The number of ether oxygens (including phenoxy) is 2. The fraction of sp³-hybridized carbons (Fsp3) is 0.130. The molecule has 5 aromatic rings. The second-order valence-corrected chi connectivity index (χ2v) is 7.84. The molecule has 32 heavy (non-hydrogen) atoms. The summed E-state index contributed by atoms with van der Waals surface area (Å²) in [6.07, 6.45) is 3.25. The Morgan fingerprint density at radius 1 is 1.06 bits per heavy atom. The molecule has 0 saturated carbocycles. The lowest BCUT2D eigenvalue weighted by molar-refractivity contribution is 0.171. The molecule has 9 heteroatoms. The molecule has 0 N–H and O–H groups in total. The molecule has 158 valence electrons. The summed E-state index contributed by atoms with van der Waals surface area (Å²) >= 11 is 6.25. The number of fused-ring (bicyclic) bond motifs is 4. The van der Waals surface area contributed by atoms with Gasteiger partial charge in [0, 0.05) is 23.0 Å². The van der Waals surface area contributed by atoms with Crippen LogP contribution in [0.25, 0.3) is 33.8 Å². The fourth-order valence-electron chi connectivity index (χ4n) is 3.87. The molecule has 0 atom stereocenters. The molecule has 0 amide bonds. The molecule has 2 aromatic carbocycles. The van der Waals surface area contributed by atoms with E-state index in [-0.39, 0.29) is 5.56 Å². The van der Waals surface area contributed by atoms with E-state index in [2.05, 4.69) is 15.1 Å². The molecule has 1 aliphatic heterocycles. The average Bonchev–Trinajstić information content (AvgIpc) is 3.26. The Hall–Kier alpha value is -3.91. The maximum Gasteiger partial charge on any atom is 0.266 e. The van der Waals surface area contributed by atoms with Gasteiger partial charge in [0.15, 0.2) is 17.3 Å². The van der Waals surface area contributed by atoms with Crippen LogP contribution >= 0.6 is 11.6 Å². The molecule has 0 spiro atoms. The molecule has 0 fully saturated rings. The maximum absolute atomic E-state index is 13.3. The lowest BCUT2D eigenvalue weighted by Gasteiger charge is -2.18. The summed E-state index contributed by atoms with van der Waals surface area (Å²) in [5.74, 6) is 2.24. The highest BCUT2D eigenvalue weighted by Gasteiger charge is 2.17. The number of hydrogen-bond donors (Lipinski definition) is 0. The van der Waals surface area contributed by atoms with E-state index in [1.807, 2.05) is 43.3 Å². The van der Waals surface area contributed by atoms with Gasteiger partial charge in [0.2, 0.25) is 0 Å². The summed E-state index contributed by atoms with van der Waals surface area (Å²) < 4.78 is 14.4. The third kappa shape index (κ3) is 2.84. The van der Waals surface area contributed by atoms with Crippen molar-refractivity contribution >= 4 is 28.3 Å². The molecule has 0 aliphatic carbocycles. The Balaban J connectivity index is 1.51. The lowest BCUT2D eigenvalue weighted by Crippen LogP contribution is -2.19. The van der Waals surface area contributed by atoms with Crippen LogP contribution in [0.2, 0.25) is 5.02 Å². The fourth-order valence-corrected chi connectivity index (χ4v) is 4.04. The van der Waals surface area contributed by atoms with Gasteiger partial charge in [-0.2, -0.15) is 9.50 Å². The highest BCUT2D eigenvalue weighted by atomic mass is 35.5. The van der Waals surface area contributed by atoms with E-state index in [1.54, 1.807) is 21.3 Å². The Kier molecular flexibility index (Phi) is 4.16. The van der Waals surface area contributed by atoms with Gasteiger partial charge < -0.3 is 9.47 Å². The van der Waals surface area contributed by atoms with E-state index in [9.17, 15) is 4.79 Å². The monoisotopic (exact) mass is 445 g/mol. The number of nitrogens with zero attached hydrogens (tertiary/aromatic N) is 5. The van der Waals surface area contributed by atoms with Gasteiger partial charge in [0.1, 0.15) is 13.2 Å². The molecule has 0 unspecified atom stereocenters. The Bertz CT molecular complexity index is 1590. The second-order valence-electron chi connectivity index (χ2n) is 7.44. The third-order valence-electron chi connectivity index (χ3n) is 5.53. The number of aromatic nitrogens is 5. The number of hydrogen-bond acceptors (Lipinski definition) is 6. The summed E-state index contributed by atoms with van der Waals surface area (Å²) in [7, 11) is 0. The number of rotatable bonds is 2. The van der Waals surface area contributed by atoms with E-state index in [0.717, 1.165) is 16.8 Å². The minimum absolute atomic E-state index is 0.210. The normalized spacial score (nSPS) is 13.1. The Labute approximate surface area is 186 Å². The third-order valence-corrected chi connectivity index (χ3v) is 5.94. The van der Waals surface area contributed by atoms with Crippen molar-refractivity contribution in [3.8, 4) is 28.6 Å². The van der Waals surface area contributed by atoms with Crippen molar-refractivity contribution in [2.45, 2.75) is 6.92 Å². The van der Waals surface area contributed by atoms with Gasteiger partial charge in [-0.15, -0.1) is 5.10 Å². The van der Waals surface area contributed by atoms with Gasteiger partial charge >= 0.3 is 0 Å². The zero-order valence-electron chi connectivity index (χ0n) is 16.9. The van der Waals surface area contributed by atoms with Gasteiger partial charge in [-0.3, -0.25) is 9.36 Å². The predicted octanol–water partition coefficient (Wildman–Crippen LogP) is 3.83. The van der Waals surface area contributed by atoms with Crippen molar-refractivity contribution in [2.75, 3.05) is 13.2 Å². The van der Waals surface area contributed by atoms with E-state index in [0.29, 0.717) is 52.2 Å². The van der Waals surface area contributed by atoms with Crippen LogP contribution in [-0.2, 0) is 0 Å². The van der Waals surface area contributed by atoms with E-state index in [1.165, 1.54) is 6.20 Å². The minimum Gasteiger partial charge on any atom is -0.486 e. The first-order valence-electron chi connectivity index (χ1n) is 10.0. The SMILES string of the molecule is Cc1c(Cl)cccc1-n1ccc2c(cnc3nc(-c4ccc5c(c4)OCCO5)nn32)c1=O. The van der Waals surface area contributed by atoms with Crippen molar-refractivity contribution in [3.63, 3.8) is 0 Å². The van der Waals surface area contributed by atoms with Crippen molar-refractivity contribution in [3.05, 3.63) is 75.8 Å². The van der Waals surface area contributed by atoms with Crippen LogP contribution in [-0.4, -0.2) is 37.4 Å². The average molecular weight is 446 g/mol. The van der Waals surface area contributed by atoms with E-state index in [4.69, 9.17) is 21.1 Å². The molecule has 8 nitrogen and oxygen atoms in total. The van der Waals surface area contributed by atoms with Crippen molar-refractivity contribution in [1.29, 1.82) is 0 Å². The Morgan fingerprint density at radius 2 is 1.91 bits per heavy atom. The first-order chi connectivity index (χ1) is 15.6. The molecule has 6 rings (SSSR count). The zero-order valence-corrected chi connectivity index (χ0v) is 17.7. The number of benzene rings is 2. The molecule has 4 heterocycles. The van der Waals surface area contributed by atoms with Gasteiger partial charge in [-0.05, 0) is 48.9 Å². The van der Waals surface area contributed by atoms with Crippen LogP contribution < -0.4 is 15.0 Å². The van der Waals surface area contributed by atoms with Crippen LogP contribution in [0.4, 0.5) is 0 Å². The highest BCUT2D eigenvalue weighted by Crippen LogP contribution is 2.33. The van der Waals surface area contributed by atoms with Crippen LogP contribution in [0.15, 0.2) is 59.7 Å². The maximum atomic E-state index is 13.3. The predicted molar refractivity (Wildman–Crippen MR) is 120 cm³/mol. The smallest absolute Gasteiger partial charge is 0.266 e. The van der Waals surface area contributed by atoms with Crippen molar-refractivity contribution in [2.24, 2.45) is 0 Å². The topological polar surface area (TPSA) is 83.5 Å². The van der Waals surface area contributed by atoms with Crippen LogP contribution in [0.1, 0.15) is 5.56 Å². The van der Waals surface area contributed by atoms with Crippen molar-refractivity contribution < 1.29 is 9.47 Å². The Morgan fingerprint density at radius 3 is 2.78 bits per heavy atom. The number of pyridine rings is 1. The second kappa shape index (κ2) is 7.06. The molecular weight excluding hydrogens is 430 g/mol. The van der Waals surface area contributed by atoms with Gasteiger partial charge in [0.05, 0.1) is 16.6 Å². The van der Waals surface area contributed by atoms with Gasteiger partial charge in [-0.1, -0.05) is 17.7 Å².